The van der Waals surface area contributed by atoms with E-state index in [2.05, 4.69) is 0 Å². The lowest BCUT2D eigenvalue weighted by molar-refractivity contribution is 0.0281. The van der Waals surface area contributed by atoms with E-state index in [1.165, 1.54) is 26.2 Å². The molecule has 1 rings (SSSR count). The van der Waals surface area contributed by atoms with Gasteiger partial charge in [0.25, 0.3) is 0 Å². The highest BCUT2D eigenvalue weighted by atomic mass is 16.6. The molecule has 1 atom stereocenters. The zero-order chi connectivity index (χ0) is 15.0. The third-order valence-corrected chi connectivity index (χ3v) is 2.34. The molecule has 0 aliphatic heterocycles. The molecule has 0 radical (unpaired) electrons. The predicted octanol–water partition coefficient (Wildman–Crippen LogP) is 1.03. The van der Waals surface area contributed by atoms with Gasteiger partial charge in [-0.2, -0.15) is 0 Å². The van der Waals surface area contributed by atoms with E-state index in [1.807, 2.05) is 0 Å². The van der Waals surface area contributed by atoms with Crippen molar-refractivity contribution in [3.63, 3.8) is 0 Å². The molecule has 0 aliphatic rings. The normalized spacial score (nSPS) is 11.8. The van der Waals surface area contributed by atoms with E-state index >= 15 is 0 Å². The van der Waals surface area contributed by atoms with Crippen molar-refractivity contribution in [1.82, 2.24) is 0 Å². The van der Waals surface area contributed by atoms with Crippen LogP contribution in [0.15, 0.2) is 24.3 Å². The highest BCUT2D eigenvalue weighted by Gasteiger charge is 2.19. The minimum absolute atomic E-state index is 0.104. The summed E-state index contributed by atoms with van der Waals surface area (Å²) in [7, 11) is 1.50. The van der Waals surface area contributed by atoms with Crippen LogP contribution in [0, 0.1) is 0 Å². The van der Waals surface area contributed by atoms with Crippen molar-refractivity contribution in [2.45, 2.75) is 13.0 Å². The first-order valence-corrected chi connectivity index (χ1v) is 6.16. The van der Waals surface area contributed by atoms with Crippen LogP contribution in [0.4, 0.5) is 0 Å². The first-order chi connectivity index (χ1) is 9.56. The average Bonchev–Trinajstić information content (AvgIpc) is 2.44. The first kappa shape index (κ1) is 16.1. The van der Waals surface area contributed by atoms with Crippen LogP contribution in [-0.2, 0) is 14.2 Å². The summed E-state index contributed by atoms with van der Waals surface area (Å²) in [6.07, 6.45) is -0.764. The highest BCUT2D eigenvalue weighted by Crippen LogP contribution is 2.12. The second kappa shape index (κ2) is 8.29. The van der Waals surface area contributed by atoms with Crippen molar-refractivity contribution in [1.29, 1.82) is 0 Å². The molecule has 0 saturated heterocycles. The van der Waals surface area contributed by atoms with E-state index in [-0.39, 0.29) is 30.9 Å². The van der Waals surface area contributed by atoms with Gasteiger partial charge in [0.05, 0.1) is 23.8 Å². The number of methoxy groups -OCH3 is 1. The number of hydrogen-bond acceptors (Lipinski definition) is 6. The lowest BCUT2D eigenvalue weighted by Gasteiger charge is -2.10. The van der Waals surface area contributed by atoms with Gasteiger partial charge in [-0.3, -0.25) is 0 Å². The average molecular weight is 282 g/mol. The molecule has 1 aromatic carbocycles. The summed E-state index contributed by atoms with van der Waals surface area (Å²) < 4.78 is 14.6. The smallest absolute Gasteiger partial charge is 0.339 e. The van der Waals surface area contributed by atoms with Crippen LogP contribution in [-0.4, -0.2) is 50.1 Å². The van der Waals surface area contributed by atoms with Crippen LogP contribution in [0.5, 0.6) is 0 Å². The molecule has 1 aromatic rings. The summed E-state index contributed by atoms with van der Waals surface area (Å²) in [6.45, 7) is 1.75. The number of carbonyl (C=O) groups is 2. The molecule has 6 heteroatoms. The van der Waals surface area contributed by atoms with E-state index in [4.69, 9.17) is 19.3 Å². The molecule has 0 heterocycles. The Morgan fingerprint density at radius 2 is 1.65 bits per heavy atom. The van der Waals surface area contributed by atoms with Gasteiger partial charge >= 0.3 is 11.9 Å². The maximum Gasteiger partial charge on any atom is 0.339 e. The molecular weight excluding hydrogens is 264 g/mol. The number of hydrogen-bond donors (Lipinski definition) is 1. The zero-order valence-electron chi connectivity index (χ0n) is 11.5. The summed E-state index contributed by atoms with van der Waals surface area (Å²) in [5.41, 5.74) is 0.231. The van der Waals surface area contributed by atoms with E-state index < -0.39 is 18.0 Å². The highest BCUT2D eigenvalue weighted by molar-refractivity contribution is 6.03. The van der Waals surface area contributed by atoms with Crippen LogP contribution in [0.25, 0.3) is 0 Å². The van der Waals surface area contributed by atoms with Gasteiger partial charge < -0.3 is 19.3 Å². The Hall–Kier alpha value is -1.92. The summed E-state index contributed by atoms with van der Waals surface area (Å²) in [5.74, 6) is -1.29. The first-order valence-electron chi connectivity index (χ1n) is 6.16. The minimum Gasteiger partial charge on any atom is -0.460 e. The van der Waals surface area contributed by atoms with Gasteiger partial charge in [0, 0.05) is 7.11 Å². The van der Waals surface area contributed by atoms with Crippen LogP contribution in [0.1, 0.15) is 27.6 Å². The number of rotatable bonds is 7. The van der Waals surface area contributed by atoms with Gasteiger partial charge in [0.2, 0.25) is 0 Å². The van der Waals surface area contributed by atoms with Crippen molar-refractivity contribution >= 4 is 11.9 Å². The lowest BCUT2D eigenvalue weighted by Crippen LogP contribution is -2.19. The summed E-state index contributed by atoms with van der Waals surface area (Å²) in [6, 6.07) is 6.19. The molecular formula is C14H18O6. The molecule has 1 N–H and O–H groups in total. The molecule has 0 saturated carbocycles. The van der Waals surface area contributed by atoms with Gasteiger partial charge in [0.1, 0.15) is 13.2 Å². The standard InChI is InChI=1S/C14H18O6/c1-10(15)9-20-14(17)12-6-4-3-5-11(12)13(16)19-8-7-18-2/h3-6,10,15H,7-9H2,1-2H3. The Labute approximate surface area is 117 Å². The minimum atomic E-state index is -0.764. The molecule has 0 fully saturated rings. The largest absolute Gasteiger partial charge is 0.460 e. The second-order valence-electron chi connectivity index (χ2n) is 4.12. The molecule has 0 bridgehead atoms. The van der Waals surface area contributed by atoms with Crippen molar-refractivity contribution in [3.8, 4) is 0 Å². The Kier molecular flexibility index (Phi) is 6.69. The van der Waals surface area contributed by atoms with E-state index in [9.17, 15) is 9.59 Å². The van der Waals surface area contributed by atoms with Crippen molar-refractivity contribution in [2.24, 2.45) is 0 Å². The van der Waals surface area contributed by atoms with Gasteiger partial charge in [-0.05, 0) is 19.1 Å². The molecule has 1 unspecified atom stereocenters. The Morgan fingerprint density at radius 3 is 2.15 bits per heavy atom. The number of aliphatic hydroxyl groups excluding tert-OH is 1. The van der Waals surface area contributed by atoms with E-state index in [1.54, 1.807) is 12.1 Å². The fourth-order valence-electron chi connectivity index (χ4n) is 1.41. The Morgan fingerprint density at radius 1 is 1.10 bits per heavy atom. The second-order valence-corrected chi connectivity index (χ2v) is 4.12. The molecule has 110 valence electrons. The molecule has 0 spiro atoms. The summed E-state index contributed by atoms with van der Waals surface area (Å²) in [4.78, 5) is 23.7. The van der Waals surface area contributed by atoms with Crippen molar-refractivity contribution in [2.75, 3.05) is 26.9 Å². The molecule has 0 aromatic heterocycles. The molecule has 0 amide bonds. The topological polar surface area (TPSA) is 82.1 Å². The predicted molar refractivity (Wildman–Crippen MR) is 70.6 cm³/mol. The fourth-order valence-corrected chi connectivity index (χ4v) is 1.41. The van der Waals surface area contributed by atoms with Gasteiger partial charge in [-0.15, -0.1) is 0 Å². The summed E-state index contributed by atoms with van der Waals surface area (Å²) in [5, 5.41) is 9.09. The molecule has 6 nitrogen and oxygen atoms in total. The summed E-state index contributed by atoms with van der Waals surface area (Å²) >= 11 is 0. The fraction of sp³-hybridized carbons (Fsp3) is 0.429. The van der Waals surface area contributed by atoms with Crippen molar-refractivity contribution < 1.29 is 28.9 Å². The Bertz CT molecular complexity index is 455. The number of benzene rings is 1. The van der Waals surface area contributed by atoms with Crippen LogP contribution in [0.2, 0.25) is 0 Å². The number of ether oxygens (including phenoxy) is 3. The Balaban J connectivity index is 2.76. The SMILES string of the molecule is COCCOC(=O)c1ccccc1C(=O)OCC(C)O. The van der Waals surface area contributed by atoms with Crippen LogP contribution < -0.4 is 0 Å². The lowest BCUT2D eigenvalue weighted by atomic mass is 10.1. The third-order valence-electron chi connectivity index (χ3n) is 2.34. The van der Waals surface area contributed by atoms with Gasteiger partial charge in [0.15, 0.2) is 0 Å². The van der Waals surface area contributed by atoms with Gasteiger partial charge in [-0.1, -0.05) is 12.1 Å². The molecule has 20 heavy (non-hydrogen) atoms. The monoisotopic (exact) mass is 282 g/mol. The van der Waals surface area contributed by atoms with Crippen molar-refractivity contribution in [3.05, 3.63) is 35.4 Å². The number of aliphatic hydroxyl groups is 1. The maximum atomic E-state index is 11.8. The molecule has 0 aliphatic carbocycles. The van der Waals surface area contributed by atoms with E-state index in [0.717, 1.165) is 0 Å². The quantitative estimate of drug-likeness (QED) is 0.594. The van der Waals surface area contributed by atoms with E-state index in [0.29, 0.717) is 0 Å². The van der Waals surface area contributed by atoms with Gasteiger partial charge in [-0.25, -0.2) is 9.59 Å². The van der Waals surface area contributed by atoms with Crippen LogP contribution >= 0.6 is 0 Å². The maximum absolute atomic E-state index is 11.8. The third kappa shape index (κ3) is 4.99. The van der Waals surface area contributed by atoms with Crippen LogP contribution in [0.3, 0.4) is 0 Å². The number of carbonyl (C=O) groups excluding carboxylic acids is 2. The number of esters is 2. The zero-order valence-corrected chi connectivity index (χ0v) is 11.5.